The van der Waals surface area contributed by atoms with E-state index in [2.05, 4.69) is 0 Å². The third-order valence-corrected chi connectivity index (χ3v) is 7.37. The summed E-state index contributed by atoms with van der Waals surface area (Å²) in [6, 6.07) is 30.8. The van der Waals surface area contributed by atoms with Gasteiger partial charge in [-0.3, -0.25) is 0 Å². The quantitative estimate of drug-likeness (QED) is 0.336. The van der Waals surface area contributed by atoms with Crippen LogP contribution >= 0.6 is 0 Å². The van der Waals surface area contributed by atoms with Crippen LogP contribution in [0.25, 0.3) is 33.4 Å². The summed E-state index contributed by atoms with van der Waals surface area (Å²) < 4.78 is 0. The number of allylic oxidation sites excluding steroid dienone is 8. The maximum atomic E-state index is 10.3. The fourth-order valence-corrected chi connectivity index (χ4v) is 5.52. The van der Waals surface area contributed by atoms with Gasteiger partial charge in [-0.2, -0.15) is 52.6 Å². The van der Waals surface area contributed by atoms with E-state index < -0.39 is 0 Å². The summed E-state index contributed by atoms with van der Waals surface area (Å²) in [6.07, 6.45) is 0. The first-order valence-electron chi connectivity index (χ1n) is 12.9. The van der Waals surface area contributed by atoms with Gasteiger partial charge in [-0.05, 0) is 70.8 Å². The van der Waals surface area contributed by atoms with E-state index >= 15 is 0 Å². The summed E-state index contributed by atoms with van der Waals surface area (Å²) in [4.78, 5) is 0. The lowest BCUT2D eigenvalue weighted by Crippen LogP contribution is -1.97. The molecule has 2 aliphatic rings. The third-order valence-electron chi connectivity index (χ3n) is 7.37. The lowest BCUT2D eigenvalue weighted by molar-refractivity contribution is 1.43. The Bertz CT molecular complexity index is 2330. The largest absolute Gasteiger partial charge is 0.192 e. The smallest absolute Gasteiger partial charge is 0.101 e. The zero-order valence-corrected chi connectivity index (χ0v) is 23.1. The molecule has 2 aliphatic carbocycles. The standard InChI is InChI=1S/C36H8N10/c37-9-19-1-20(10-38)4-23(3-19)29(13-41)35-27-7-26-28(8-25(27)31(15-43)33(35)17-45)36(34(18-46)32(26)16-44)30(14-42)24-5-21(11-39)2-22(6-24)12-40/h1-8H/b35-29-,36-30-. The summed E-state index contributed by atoms with van der Waals surface area (Å²) in [5.74, 6) is 0. The lowest BCUT2D eigenvalue weighted by Gasteiger charge is -2.12. The molecule has 0 saturated heterocycles. The molecule has 46 heavy (non-hydrogen) atoms. The van der Waals surface area contributed by atoms with Crippen LogP contribution in [0.2, 0.25) is 0 Å². The van der Waals surface area contributed by atoms with E-state index in [1.165, 1.54) is 48.5 Å². The minimum atomic E-state index is -0.159. The molecule has 10 heteroatoms. The molecule has 0 aromatic heterocycles. The molecule has 202 valence electrons. The number of nitriles is 10. The van der Waals surface area contributed by atoms with Crippen LogP contribution in [0.3, 0.4) is 0 Å². The molecule has 3 aromatic rings. The molecule has 0 atom stereocenters. The Morgan fingerprint density at radius 1 is 0.326 bits per heavy atom. The molecule has 0 amide bonds. The van der Waals surface area contributed by atoms with Crippen LogP contribution in [0.5, 0.6) is 0 Å². The normalized spacial score (nSPS) is 14.2. The van der Waals surface area contributed by atoms with Gasteiger partial charge in [0.1, 0.15) is 36.4 Å². The molecule has 0 heterocycles. The summed E-state index contributed by atoms with van der Waals surface area (Å²) in [5, 5.41) is 99.4. The monoisotopic (exact) mass is 580 g/mol. The van der Waals surface area contributed by atoms with E-state index in [4.69, 9.17) is 0 Å². The van der Waals surface area contributed by atoms with Crippen LogP contribution in [0, 0.1) is 113 Å². The molecule has 0 N–H and O–H groups in total. The van der Waals surface area contributed by atoms with Crippen LogP contribution in [-0.2, 0) is 0 Å². The van der Waals surface area contributed by atoms with Crippen molar-refractivity contribution >= 4 is 33.4 Å². The number of rotatable bonds is 2. The van der Waals surface area contributed by atoms with E-state index in [9.17, 15) is 52.6 Å². The second-order valence-corrected chi connectivity index (χ2v) is 9.66. The van der Waals surface area contributed by atoms with Crippen LogP contribution < -0.4 is 0 Å². The highest BCUT2D eigenvalue weighted by Gasteiger charge is 2.37. The molecule has 5 rings (SSSR count). The Kier molecular flexibility index (Phi) is 7.21. The predicted octanol–water partition coefficient (Wildman–Crippen LogP) is 5.67. The highest BCUT2D eigenvalue weighted by molar-refractivity contribution is 6.20. The minimum absolute atomic E-state index is 0.0347. The van der Waals surface area contributed by atoms with Crippen LogP contribution in [0.4, 0.5) is 0 Å². The number of hydrogen-bond acceptors (Lipinski definition) is 10. The maximum Gasteiger partial charge on any atom is 0.101 e. The van der Waals surface area contributed by atoms with E-state index in [0.717, 1.165) is 0 Å². The van der Waals surface area contributed by atoms with Gasteiger partial charge in [0.15, 0.2) is 0 Å². The predicted molar refractivity (Wildman–Crippen MR) is 159 cm³/mol. The molecule has 0 aliphatic heterocycles. The van der Waals surface area contributed by atoms with Gasteiger partial charge in [-0.15, -0.1) is 0 Å². The van der Waals surface area contributed by atoms with Gasteiger partial charge in [0.05, 0.1) is 80.0 Å². The van der Waals surface area contributed by atoms with Crippen molar-refractivity contribution in [3.63, 3.8) is 0 Å². The van der Waals surface area contributed by atoms with Crippen molar-refractivity contribution < 1.29 is 0 Å². The zero-order chi connectivity index (χ0) is 33.1. The van der Waals surface area contributed by atoms with E-state index in [1.54, 1.807) is 0 Å². The first-order chi connectivity index (χ1) is 22.4. The number of nitrogens with zero attached hydrogens (tertiary/aromatic N) is 10. The first kappa shape index (κ1) is 29.0. The molecular weight excluding hydrogens is 572 g/mol. The minimum Gasteiger partial charge on any atom is -0.192 e. The second kappa shape index (κ2) is 11.4. The molecule has 0 unspecified atom stereocenters. The Balaban J connectivity index is 1.94. The Morgan fingerprint density at radius 3 is 0.870 bits per heavy atom. The van der Waals surface area contributed by atoms with Gasteiger partial charge in [0.25, 0.3) is 0 Å². The van der Waals surface area contributed by atoms with Crippen molar-refractivity contribution in [3.8, 4) is 60.7 Å². The third kappa shape index (κ3) is 4.27. The van der Waals surface area contributed by atoms with E-state index in [1.807, 2.05) is 60.7 Å². The molecular formula is C36H8N10. The first-order valence-corrected chi connectivity index (χ1v) is 12.9. The average Bonchev–Trinajstić information content (AvgIpc) is 3.57. The maximum absolute atomic E-state index is 10.3. The highest BCUT2D eigenvalue weighted by atomic mass is 14.4. The van der Waals surface area contributed by atoms with Gasteiger partial charge in [0, 0.05) is 22.3 Å². The van der Waals surface area contributed by atoms with Crippen molar-refractivity contribution in [2.45, 2.75) is 0 Å². The van der Waals surface area contributed by atoms with Gasteiger partial charge < -0.3 is 0 Å². The molecule has 10 nitrogen and oxygen atoms in total. The van der Waals surface area contributed by atoms with Crippen LogP contribution in [0.1, 0.15) is 55.6 Å². The van der Waals surface area contributed by atoms with Crippen LogP contribution in [-0.4, -0.2) is 0 Å². The Hall–Kier alpha value is -8.48. The van der Waals surface area contributed by atoms with Gasteiger partial charge in [-0.25, -0.2) is 0 Å². The number of hydrogen-bond donors (Lipinski definition) is 0. The zero-order valence-electron chi connectivity index (χ0n) is 23.1. The van der Waals surface area contributed by atoms with Crippen LogP contribution in [0.15, 0.2) is 59.7 Å². The fraction of sp³-hybridized carbons (Fsp3) is 0. The summed E-state index contributed by atoms with van der Waals surface area (Å²) in [6.45, 7) is 0. The molecule has 0 spiro atoms. The summed E-state index contributed by atoms with van der Waals surface area (Å²) >= 11 is 0. The van der Waals surface area contributed by atoms with Crippen molar-refractivity contribution in [1.29, 1.82) is 52.6 Å². The molecule has 0 radical (unpaired) electrons. The van der Waals surface area contributed by atoms with Crippen molar-refractivity contribution in [2.75, 3.05) is 0 Å². The van der Waals surface area contributed by atoms with Gasteiger partial charge in [0.2, 0.25) is 0 Å². The fourth-order valence-electron chi connectivity index (χ4n) is 5.52. The van der Waals surface area contributed by atoms with E-state index in [0.29, 0.717) is 0 Å². The second-order valence-electron chi connectivity index (χ2n) is 9.66. The molecule has 0 bridgehead atoms. The molecule has 3 aromatic carbocycles. The Morgan fingerprint density at radius 2 is 0.630 bits per heavy atom. The lowest BCUT2D eigenvalue weighted by atomic mass is 9.88. The van der Waals surface area contributed by atoms with E-state index in [-0.39, 0.29) is 100 Å². The molecule has 0 saturated carbocycles. The summed E-state index contributed by atoms with van der Waals surface area (Å²) in [5.41, 5.74) is 0.771. The summed E-state index contributed by atoms with van der Waals surface area (Å²) in [7, 11) is 0. The van der Waals surface area contributed by atoms with Crippen molar-refractivity contribution in [3.05, 3.63) is 115 Å². The van der Waals surface area contributed by atoms with Crippen molar-refractivity contribution in [2.24, 2.45) is 0 Å². The average molecular weight is 581 g/mol. The van der Waals surface area contributed by atoms with Gasteiger partial charge >= 0.3 is 0 Å². The molecule has 0 fully saturated rings. The van der Waals surface area contributed by atoms with Gasteiger partial charge in [-0.1, -0.05) is 0 Å². The number of fused-ring (bicyclic) bond motifs is 2. The topological polar surface area (TPSA) is 238 Å². The highest BCUT2D eigenvalue weighted by Crippen LogP contribution is 2.51. The number of benzene rings is 3. The Labute approximate surface area is 261 Å². The van der Waals surface area contributed by atoms with Crippen molar-refractivity contribution in [1.82, 2.24) is 0 Å². The SMILES string of the molecule is N#CC1=C(C#N)c2cc3c(cc2/C1=C(\C#N)c1cc(C#N)cc(C#N)c1)C(C#N)=C(C#N)/C3=C(/C#N)c1cc(C#N)cc(C#N)c1.